The first-order valence-electron chi connectivity index (χ1n) is 3.04. The van der Waals surface area contributed by atoms with Crippen LogP contribution in [0.15, 0.2) is 0 Å². The summed E-state index contributed by atoms with van der Waals surface area (Å²) in [5.41, 5.74) is -0.760. The van der Waals surface area contributed by atoms with Crippen molar-refractivity contribution in [3.63, 3.8) is 0 Å². The van der Waals surface area contributed by atoms with E-state index in [9.17, 15) is 5.11 Å². The second-order valence-electron chi connectivity index (χ2n) is 2.76. The fraction of sp³-hybridized carbons (Fsp3) is 1.00. The van der Waals surface area contributed by atoms with E-state index < -0.39 is 5.72 Å². The highest BCUT2D eigenvalue weighted by Crippen LogP contribution is 1.96. The highest BCUT2D eigenvalue weighted by Gasteiger charge is 2.16. The zero-order chi connectivity index (χ0) is 7.49. The number of nitrogens with one attached hydrogen (secondary N) is 1. The summed E-state index contributed by atoms with van der Waals surface area (Å²) in [6, 6.07) is 0. The molecule has 0 fully saturated rings. The quantitative estimate of drug-likeness (QED) is 0.507. The molecule has 0 amide bonds. The Morgan fingerprint density at radius 3 is 2.11 bits per heavy atom. The molecule has 0 rings (SSSR count). The number of nitrogens with zero attached hydrogens (tertiary/aromatic N) is 1. The molecule has 0 aromatic rings. The first kappa shape index (κ1) is 8.88. The van der Waals surface area contributed by atoms with Crippen LogP contribution in [0.25, 0.3) is 0 Å². The molecule has 0 heterocycles. The zero-order valence-electron chi connectivity index (χ0n) is 6.60. The van der Waals surface area contributed by atoms with E-state index in [4.69, 9.17) is 0 Å². The maximum atomic E-state index is 9.34. The van der Waals surface area contributed by atoms with Gasteiger partial charge >= 0.3 is 0 Å². The van der Waals surface area contributed by atoms with Gasteiger partial charge in [0.05, 0.1) is 0 Å². The number of rotatable bonds is 3. The lowest BCUT2D eigenvalue weighted by Gasteiger charge is -2.25. The summed E-state index contributed by atoms with van der Waals surface area (Å²) in [6.45, 7) is 2.37. The van der Waals surface area contributed by atoms with E-state index in [1.54, 1.807) is 14.0 Å². The van der Waals surface area contributed by atoms with Crippen LogP contribution < -0.4 is 5.32 Å². The molecule has 2 N–H and O–H groups in total. The van der Waals surface area contributed by atoms with Crippen LogP contribution in [0.1, 0.15) is 6.92 Å². The second kappa shape index (κ2) is 3.15. The van der Waals surface area contributed by atoms with Crippen molar-refractivity contribution in [3.8, 4) is 0 Å². The summed E-state index contributed by atoms with van der Waals surface area (Å²) in [4.78, 5) is 1.93. The molecule has 0 aromatic heterocycles. The number of aliphatic hydroxyl groups is 1. The van der Waals surface area contributed by atoms with Gasteiger partial charge in [-0.25, -0.2) is 0 Å². The fourth-order valence-electron chi connectivity index (χ4n) is 0.695. The van der Waals surface area contributed by atoms with Crippen LogP contribution in [0.4, 0.5) is 0 Å². The van der Waals surface area contributed by atoms with Crippen molar-refractivity contribution in [1.82, 2.24) is 10.2 Å². The van der Waals surface area contributed by atoms with Crippen molar-refractivity contribution < 1.29 is 5.11 Å². The van der Waals surface area contributed by atoms with Gasteiger partial charge in [-0.2, -0.15) is 0 Å². The van der Waals surface area contributed by atoms with Crippen LogP contribution in [-0.4, -0.2) is 43.4 Å². The molecule has 0 aliphatic heterocycles. The molecule has 0 saturated heterocycles. The Bertz CT molecular complexity index is 81.1. The van der Waals surface area contributed by atoms with Crippen molar-refractivity contribution in [3.05, 3.63) is 0 Å². The largest absolute Gasteiger partial charge is 0.375 e. The molecule has 9 heavy (non-hydrogen) atoms. The van der Waals surface area contributed by atoms with Crippen molar-refractivity contribution >= 4 is 0 Å². The second-order valence-corrected chi connectivity index (χ2v) is 2.76. The Morgan fingerprint density at radius 1 is 1.56 bits per heavy atom. The van der Waals surface area contributed by atoms with Crippen LogP contribution in [0, 0.1) is 0 Å². The lowest BCUT2D eigenvalue weighted by atomic mass is 10.2. The van der Waals surface area contributed by atoms with E-state index in [0.717, 1.165) is 0 Å². The van der Waals surface area contributed by atoms with Gasteiger partial charge in [0.1, 0.15) is 5.72 Å². The average molecular weight is 132 g/mol. The van der Waals surface area contributed by atoms with Gasteiger partial charge in [-0.05, 0) is 28.1 Å². The molecule has 0 saturated carbocycles. The smallest absolute Gasteiger partial charge is 0.125 e. The minimum atomic E-state index is -0.760. The molecular formula is C6H16N2O. The summed E-state index contributed by atoms with van der Waals surface area (Å²) >= 11 is 0. The minimum absolute atomic E-state index is 0.628. The third-order valence-electron chi connectivity index (χ3n) is 1.16. The third-order valence-corrected chi connectivity index (χ3v) is 1.16. The molecular weight excluding hydrogens is 116 g/mol. The summed E-state index contributed by atoms with van der Waals surface area (Å²) in [5.74, 6) is 0. The van der Waals surface area contributed by atoms with E-state index in [-0.39, 0.29) is 0 Å². The fourth-order valence-corrected chi connectivity index (χ4v) is 0.695. The van der Waals surface area contributed by atoms with E-state index in [2.05, 4.69) is 5.32 Å². The molecule has 3 nitrogen and oxygen atoms in total. The molecule has 3 heteroatoms. The van der Waals surface area contributed by atoms with Gasteiger partial charge in [-0.15, -0.1) is 0 Å². The Balaban J connectivity index is 3.58. The maximum absolute atomic E-state index is 9.34. The van der Waals surface area contributed by atoms with Gasteiger partial charge < -0.3 is 10.0 Å². The number of likely N-dealkylation sites (N-methyl/N-ethyl adjacent to an activating group) is 2. The lowest BCUT2D eigenvalue weighted by Crippen LogP contribution is -2.47. The highest BCUT2D eigenvalue weighted by atomic mass is 16.3. The van der Waals surface area contributed by atoms with E-state index in [1.165, 1.54) is 0 Å². The summed E-state index contributed by atoms with van der Waals surface area (Å²) < 4.78 is 0. The van der Waals surface area contributed by atoms with E-state index in [1.807, 2.05) is 19.0 Å². The monoisotopic (exact) mass is 132 g/mol. The molecule has 0 aliphatic rings. The first-order chi connectivity index (χ1) is 3.98. The molecule has 1 unspecified atom stereocenters. The SMILES string of the molecule is CNC(C)(O)CN(C)C. The van der Waals surface area contributed by atoms with Crippen molar-refractivity contribution in [1.29, 1.82) is 0 Å². The van der Waals surface area contributed by atoms with Gasteiger partial charge in [0.25, 0.3) is 0 Å². The van der Waals surface area contributed by atoms with E-state index >= 15 is 0 Å². The van der Waals surface area contributed by atoms with Crippen LogP contribution >= 0.6 is 0 Å². The average Bonchev–Trinajstić information content (AvgIpc) is 1.63. The van der Waals surface area contributed by atoms with Crippen LogP contribution in [0.5, 0.6) is 0 Å². The van der Waals surface area contributed by atoms with Crippen molar-refractivity contribution in [2.24, 2.45) is 0 Å². The molecule has 0 aliphatic carbocycles. The standard InChI is InChI=1S/C6H16N2O/c1-6(9,7-2)5-8(3)4/h7,9H,5H2,1-4H3. The predicted octanol–water partition coefficient (Wildman–Crippen LogP) is -0.524. The zero-order valence-corrected chi connectivity index (χ0v) is 6.60. The van der Waals surface area contributed by atoms with Crippen molar-refractivity contribution in [2.45, 2.75) is 12.6 Å². The van der Waals surface area contributed by atoms with Crippen molar-refractivity contribution in [2.75, 3.05) is 27.7 Å². The van der Waals surface area contributed by atoms with Crippen LogP contribution in [-0.2, 0) is 0 Å². The van der Waals surface area contributed by atoms with Crippen LogP contribution in [0.3, 0.4) is 0 Å². The minimum Gasteiger partial charge on any atom is -0.375 e. The van der Waals surface area contributed by atoms with Gasteiger partial charge in [-0.3, -0.25) is 5.32 Å². The van der Waals surface area contributed by atoms with Gasteiger partial charge in [-0.1, -0.05) is 0 Å². The van der Waals surface area contributed by atoms with Gasteiger partial charge in [0.2, 0.25) is 0 Å². The number of hydrogen-bond acceptors (Lipinski definition) is 3. The summed E-state index contributed by atoms with van der Waals surface area (Å²) in [5, 5.41) is 12.1. The summed E-state index contributed by atoms with van der Waals surface area (Å²) in [7, 11) is 5.58. The van der Waals surface area contributed by atoms with Gasteiger partial charge in [0.15, 0.2) is 0 Å². The molecule has 0 bridgehead atoms. The molecule has 0 spiro atoms. The lowest BCUT2D eigenvalue weighted by molar-refractivity contribution is 0.00851. The normalized spacial score (nSPS) is 18.0. The Kier molecular flexibility index (Phi) is 3.11. The number of hydrogen-bond donors (Lipinski definition) is 2. The van der Waals surface area contributed by atoms with Gasteiger partial charge in [0, 0.05) is 6.54 Å². The Hall–Kier alpha value is -0.120. The Morgan fingerprint density at radius 2 is 2.00 bits per heavy atom. The van der Waals surface area contributed by atoms with E-state index in [0.29, 0.717) is 6.54 Å². The molecule has 56 valence electrons. The first-order valence-corrected chi connectivity index (χ1v) is 3.04. The topological polar surface area (TPSA) is 35.5 Å². The Labute approximate surface area is 56.7 Å². The highest BCUT2D eigenvalue weighted by molar-refractivity contribution is 4.68. The maximum Gasteiger partial charge on any atom is 0.125 e. The third kappa shape index (κ3) is 4.39. The molecule has 0 radical (unpaired) electrons. The molecule has 0 aromatic carbocycles. The predicted molar refractivity (Wildman–Crippen MR) is 38.2 cm³/mol. The molecule has 1 atom stereocenters. The summed E-state index contributed by atoms with van der Waals surface area (Å²) in [6.07, 6.45) is 0. The van der Waals surface area contributed by atoms with Crippen LogP contribution in [0.2, 0.25) is 0 Å².